The molecule has 1 atom stereocenters. The van der Waals surface area contributed by atoms with Crippen molar-refractivity contribution in [1.29, 1.82) is 0 Å². The van der Waals surface area contributed by atoms with Crippen molar-refractivity contribution in [3.8, 4) is 0 Å². The van der Waals surface area contributed by atoms with Gasteiger partial charge in [0.2, 0.25) is 0 Å². The highest BCUT2D eigenvalue weighted by Gasteiger charge is 2.26. The first kappa shape index (κ1) is 16.3. The molecule has 1 unspecified atom stereocenters. The van der Waals surface area contributed by atoms with Crippen LogP contribution in [0.3, 0.4) is 0 Å². The monoisotopic (exact) mass is 338 g/mol. The summed E-state index contributed by atoms with van der Waals surface area (Å²) < 4.78 is 5.51. The van der Waals surface area contributed by atoms with E-state index in [1.807, 2.05) is 0 Å². The lowest BCUT2D eigenvalue weighted by molar-refractivity contribution is -0.147. The van der Waals surface area contributed by atoms with Crippen LogP contribution < -0.4 is 0 Å². The Balaban J connectivity index is 2.93. The van der Waals surface area contributed by atoms with Gasteiger partial charge in [-0.1, -0.05) is 40.7 Å². The minimum Gasteiger partial charge on any atom is -0.466 e. The number of rotatable bonds is 7. The second kappa shape index (κ2) is 7.75. The Labute approximate surface area is 125 Å². The molecule has 5 heteroatoms. The molecule has 0 aliphatic carbocycles. The van der Waals surface area contributed by atoms with Crippen molar-refractivity contribution in [1.82, 2.24) is 0 Å². The summed E-state index contributed by atoms with van der Waals surface area (Å²) in [6.45, 7) is 5.36. The zero-order chi connectivity index (χ0) is 15.1. The van der Waals surface area contributed by atoms with Gasteiger partial charge >= 0.3 is 5.97 Å². The first-order chi connectivity index (χ1) is 9.51. The highest BCUT2D eigenvalue weighted by Crippen LogP contribution is 2.22. The van der Waals surface area contributed by atoms with Gasteiger partial charge in [0.05, 0.1) is 12.5 Å². The van der Waals surface area contributed by atoms with Crippen LogP contribution in [0.15, 0.2) is 40.9 Å². The van der Waals surface area contributed by atoms with Crippen molar-refractivity contribution in [2.24, 2.45) is 5.92 Å². The van der Waals surface area contributed by atoms with Crippen LogP contribution in [0.2, 0.25) is 0 Å². The Morgan fingerprint density at radius 3 is 2.60 bits per heavy atom. The van der Waals surface area contributed by atoms with Crippen LogP contribution >= 0.6 is 15.9 Å². The molecule has 20 heavy (non-hydrogen) atoms. The first-order valence-corrected chi connectivity index (χ1v) is 6.88. The van der Waals surface area contributed by atoms with Gasteiger partial charge in [0.15, 0.2) is 5.78 Å². The number of benzene rings is 1. The number of aldehydes is 1. The third-order valence-electron chi connectivity index (χ3n) is 2.73. The average molecular weight is 339 g/mol. The molecule has 0 heterocycles. The minimum atomic E-state index is -0.938. The van der Waals surface area contributed by atoms with E-state index in [9.17, 15) is 14.4 Å². The SMILES string of the molecule is C=C(C=O)C(CC(=O)c1ccccc1Br)C(=O)OCC. The Morgan fingerprint density at radius 1 is 1.40 bits per heavy atom. The molecule has 0 bridgehead atoms. The van der Waals surface area contributed by atoms with Crippen LogP contribution in [0.5, 0.6) is 0 Å². The molecule has 0 aromatic heterocycles. The summed E-state index contributed by atoms with van der Waals surface area (Å²) in [7, 11) is 0. The zero-order valence-corrected chi connectivity index (χ0v) is 12.7. The number of Topliss-reactive ketones (excluding diaryl/α,β-unsaturated/α-hetero) is 1. The van der Waals surface area contributed by atoms with Crippen molar-refractivity contribution < 1.29 is 19.1 Å². The normalized spacial score (nSPS) is 11.5. The summed E-state index contributed by atoms with van der Waals surface area (Å²) in [5.74, 6) is -1.80. The molecular weight excluding hydrogens is 324 g/mol. The van der Waals surface area contributed by atoms with Crippen LogP contribution in [0, 0.1) is 5.92 Å². The fourth-order valence-corrected chi connectivity index (χ4v) is 2.18. The lowest BCUT2D eigenvalue weighted by Crippen LogP contribution is -2.23. The molecule has 0 N–H and O–H groups in total. The van der Waals surface area contributed by atoms with Gasteiger partial charge in [-0.3, -0.25) is 14.4 Å². The molecule has 1 aromatic rings. The van der Waals surface area contributed by atoms with Gasteiger partial charge in [0.1, 0.15) is 6.29 Å². The van der Waals surface area contributed by atoms with Crippen molar-refractivity contribution in [2.45, 2.75) is 13.3 Å². The van der Waals surface area contributed by atoms with E-state index >= 15 is 0 Å². The molecule has 0 fully saturated rings. The summed E-state index contributed by atoms with van der Waals surface area (Å²) in [5.41, 5.74) is 0.504. The molecule has 0 saturated heterocycles. The second-order valence-electron chi connectivity index (χ2n) is 4.10. The van der Waals surface area contributed by atoms with Gasteiger partial charge in [-0.25, -0.2) is 0 Å². The lowest BCUT2D eigenvalue weighted by atomic mass is 9.93. The quantitative estimate of drug-likeness (QED) is 0.332. The summed E-state index contributed by atoms with van der Waals surface area (Å²) in [6, 6.07) is 6.90. The van der Waals surface area contributed by atoms with Crippen molar-refractivity contribution in [3.05, 3.63) is 46.5 Å². The average Bonchev–Trinajstić information content (AvgIpc) is 2.44. The molecule has 0 spiro atoms. The summed E-state index contributed by atoms with van der Waals surface area (Å²) in [4.78, 5) is 34.8. The van der Waals surface area contributed by atoms with Gasteiger partial charge < -0.3 is 4.74 Å². The molecule has 0 amide bonds. The maximum Gasteiger partial charge on any atom is 0.313 e. The van der Waals surface area contributed by atoms with Gasteiger partial charge in [-0.05, 0) is 18.6 Å². The predicted octanol–water partition coefficient (Wildman–Crippen LogP) is 2.96. The van der Waals surface area contributed by atoms with E-state index in [0.29, 0.717) is 16.3 Å². The second-order valence-corrected chi connectivity index (χ2v) is 4.96. The summed E-state index contributed by atoms with van der Waals surface area (Å²) in [6.07, 6.45) is 0.341. The van der Waals surface area contributed by atoms with Crippen LogP contribution in [0.25, 0.3) is 0 Å². The zero-order valence-electron chi connectivity index (χ0n) is 11.1. The predicted molar refractivity (Wildman–Crippen MR) is 78.4 cm³/mol. The number of ketones is 1. The van der Waals surface area contributed by atoms with Crippen molar-refractivity contribution in [3.63, 3.8) is 0 Å². The van der Waals surface area contributed by atoms with E-state index in [-0.39, 0.29) is 24.4 Å². The topological polar surface area (TPSA) is 60.4 Å². The fourth-order valence-electron chi connectivity index (χ4n) is 1.67. The number of carbonyl (C=O) groups is 3. The highest BCUT2D eigenvalue weighted by molar-refractivity contribution is 9.10. The number of halogens is 1. The Morgan fingerprint density at radius 2 is 2.05 bits per heavy atom. The molecule has 106 valence electrons. The Kier molecular flexibility index (Phi) is 6.31. The van der Waals surface area contributed by atoms with Crippen LogP contribution in [-0.2, 0) is 14.3 Å². The molecule has 1 rings (SSSR count). The molecule has 0 aliphatic rings. The maximum absolute atomic E-state index is 12.2. The molecule has 0 saturated carbocycles. The van der Waals surface area contributed by atoms with Crippen LogP contribution in [-0.4, -0.2) is 24.6 Å². The summed E-state index contributed by atoms with van der Waals surface area (Å²) in [5, 5.41) is 0. The van der Waals surface area contributed by atoms with E-state index in [0.717, 1.165) is 0 Å². The largest absolute Gasteiger partial charge is 0.466 e. The molecule has 1 aromatic carbocycles. The molecule has 4 nitrogen and oxygen atoms in total. The Bertz CT molecular complexity index is 536. The number of carbonyl (C=O) groups excluding carboxylic acids is 3. The van der Waals surface area contributed by atoms with Gasteiger partial charge in [0, 0.05) is 16.5 Å². The lowest BCUT2D eigenvalue weighted by Gasteiger charge is -2.14. The van der Waals surface area contributed by atoms with Crippen molar-refractivity contribution in [2.75, 3.05) is 6.61 Å². The van der Waals surface area contributed by atoms with E-state index in [1.54, 1.807) is 31.2 Å². The van der Waals surface area contributed by atoms with Crippen molar-refractivity contribution >= 4 is 34.0 Å². The minimum absolute atomic E-state index is 0.0452. The smallest absolute Gasteiger partial charge is 0.313 e. The van der Waals surface area contributed by atoms with Crippen LogP contribution in [0.4, 0.5) is 0 Å². The molecule has 0 radical (unpaired) electrons. The third-order valence-corrected chi connectivity index (χ3v) is 3.43. The fraction of sp³-hybridized carbons (Fsp3) is 0.267. The Hall–Kier alpha value is -1.75. The number of hydrogen-bond acceptors (Lipinski definition) is 4. The van der Waals surface area contributed by atoms with E-state index in [1.165, 1.54) is 0 Å². The van der Waals surface area contributed by atoms with E-state index in [2.05, 4.69) is 22.5 Å². The van der Waals surface area contributed by atoms with Gasteiger partial charge in [-0.15, -0.1) is 0 Å². The van der Waals surface area contributed by atoms with Crippen LogP contribution in [0.1, 0.15) is 23.7 Å². The molecule has 0 aliphatic heterocycles. The summed E-state index contributed by atoms with van der Waals surface area (Å²) >= 11 is 3.28. The van der Waals surface area contributed by atoms with Gasteiger partial charge in [-0.2, -0.15) is 0 Å². The highest BCUT2D eigenvalue weighted by atomic mass is 79.9. The number of esters is 1. The number of hydrogen-bond donors (Lipinski definition) is 0. The van der Waals surface area contributed by atoms with E-state index < -0.39 is 11.9 Å². The number of ether oxygens (including phenoxy) is 1. The van der Waals surface area contributed by atoms with Gasteiger partial charge in [0.25, 0.3) is 0 Å². The third kappa shape index (κ3) is 4.13. The standard InChI is InChI=1S/C15H15BrO4/c1-3-20-15(19)12(10(2)9-17)8-14(18)11-6-4-5-7-13(11)16/h4-7,9,12H,2-3,8H2,1H3. The molecular formula is C15H15BrO4. The maximum atomic E-state index is 12.2. The van der Waals surface area contributed by atoms with E-state index in [4.69, 9.17) is 4.74 Å². The first-order valence-electron chi connectivity index (χ1n) is 6.09.